The zero-order chi connectivity index (χ0) is 22.9. The van der Waals surface area contributed by atoms with Crippen molar-refractivity contribution in [1.29, 1.82) is 0 Å². The number of ether oxygens (including phenoxy) is 2. The van der Waals surface area contributed by atoms with E-state index in [0.717, 1.165) is 37.0 Å². The highest BCUT2D eigenvalue weighted by molar-refractivity contribution is 6.32. The van der Waals surface area contributed by atoms with Gasteiger partial charge in [-0.25, -0.2) is 0 Å². The lowest BCUT2D eigenvalue weighted by molar-refractivity contribution is -0.143. The fourth-order valence-corrected chi connectivity index (χ4v) is 4.19. The van der Waals surface area contributed by atoms with E-state index in [1.165, 1.54) is 0 Å². The summed E-state index contributed by atoms with van der Waals surface area (Å²) in [5, 5.41) is 3.58. The summed E-state index contributed by atoms with van der Waals surface area (Å²) in [5.41, 5.74) is 0.906. The average Bonchev–Trinajstić information content (AvgIpc) is 3.31. The number of rotatable bonds is 10. The lowest BCUT2D eigenvalue weighted by atomic mass is 10.1. The molecule has 0 radical (unpaired) electrons. The van der Waals surface area contributed by atoms with Crippen LogP contribution in [0.2, 0.25) is 5.02 Å². The van der Waals surface area contributed by atoms with Crippen molar-refractivity contribution in [3.63, 3.8) is 0 Å². The van der Waals surface area contributed by atoms with Crippen LogP contribution in [-0.2, 0) is 16.1 Å². The Morgan fingerprint density at radius 2 is 1.81 bits per heavy atom. The molecular formula is C25H31ClN2O4. The number of carbonyl (C=O) groups is 2. The van der Waals surface area contributed by atoms with E-state index in [2.05, 4.69) is 5.32 Å². The van der Waals surface area contributed by atoms with E-state index in [-0.39, 0.29) is 24.5 Å². The molecule has 2 aromatic carbocycles. The maximum atomic E-state index is 13.3. The minimum atomic E-state index is -0.583. The van der Waals surface area contributed by atoms with Gasteiger partial charge in [-0.15, -0.1) is 0 Å². The van der Waals surface area contributed by atoms with Crippen LogP contribution in [0.15, 0.2) is 48.5 Å². The number of para-hydroxylation sites is 1. The molecule has 1 N–H and O–H groups in total. The topological polar surface area (TPSA) is 67.9 Å². The summed E-state index contributed by atoms with van der Waals surface area (Å²) in [6, 6.07) is 14.1. The van der Waals surface area contributed by atoms with Gasteiger partial charge < -0.3 is 19.7 Å². The van der Waals surface area contributed by atoms with Gasteiger partial charge in [-0.2, -0.15) is 0 Å². The molecule has 0 spiro atoms. The van der Waals surface area contributed by atoms with Crippen LogP contribution in [0, 0.1) is 0 Å². The second-order valence-electron chi connectivity index (χ2n) is 8.00. The SMILES string of the molecule is CCC(C(=O)NC1CCCC1)N(Cc1ccc(OC)cc1)C(=O)COc1ccccc1Cl. The summed E-state index contributed by atoms with van der Waals surface area (Å²) >= 11 is 6.16. The van der Waals surface area contributed by atoms with Crippen LogP contribution in [0.5, 0.6) is 11.5 Å². The number of benzene rings is 2. The molecule has 0 heterocycles. The summed E-state index contributed by atoms with van der Waals surface area (Å²) < 4.78 is 10.9. The molecule has 0 aliphatic heterocycles. The van der Waals surface area contributed by atoms with E-state index >= 15 is 0 Å². The van der Waals surface area contributed by atoms with E-state index in [4.69, 9.17) is 21.1 Å². The molecule has 2 amide bonds. The molecule has 1 aliphatic rings. The number of amides is 2. The molecule has 1 unspecified atom stereocenters. The molecule has 172 valence electrons. The predicted molar refractivity (Wildman–Crippen MR) is 125 cm³/mol. The predicted octanol–water partition coefficient (Wildman–Crippen LogP) is 4.59. The van der Waals surface area contributed by atoms with Crippen LogP contribution in [0.25, 0.3) is 0 Å². The summed E-state index contributed by atoms with van der Waals surface area (Å²) in [4.78, 5) is 28.0. The third-order valence-corrected chi connectivity index (χ3v) is 6.10. The quantitative estimate of drug-likeness (QED) is 0.565. The first-order chi connectivity index (χ1) is 15.5. The molecule has 32 heavy (non-hydrogen) atoms. The van der Waals surface area contributed by atoms with Crippen LogP contribution < -0.4 is 14.8 Å². The van der Waals surface area contributed by atoms with Gasteiger partial charge in [0.2, 0.25) is 5.91 Å². The monoisotopic (exact) mass is 458 g/mol. The molecule has 0 bridgehead atoms. The molecule has 0 saturated heterocycles. The molecule has 3 rings (SSSR count). The Morgan fingerprint density at radius 1 is 1.12 bits per heavy atom. The van der Waals surface area contributed by atoms with E-state index < -0.39 is 6.04 Å². The highest BCUT2D eigenvalue weighted by Gasteiger charge is 2.31. The zero-order valence-corrected chi connectivity index (χ0v) is 19.4. The summed E-state index contributed by atoms with van der Waals surface area (Å²) in [5.74, 6) is 0.795. The second kappa shape index (κ2) is 11.8. The van der Waals surface area contributed by atoms with E-state index in [9.17, 15) is 9.59 Å². The molecule has 2 aromatic rings. The van der Waals surface area contributed by atoms with Gasteiger partial charge in [0.25, 0.3) is 5.91 Å². The number of nitrogens with zero attached hydrogens (tertiary/aromatic N) is 1. The van der Waals surface area contributed by atoms with Gasteiger partial charge in [-0.1, -0.05) is 55.6 Å². The Bertz CT molecular complexity index is 897. The van der Waals surface area contributed by atoms with Crippen LogP contribution in [0.3, 0.4) is 0 Å². The fourth-order valence-electron chi connectivity index (χ4n) is 4.00. The van der Waals surface area contributed by atoms with Gasteiger partial charge >= 0.3 is 0 Å². The Morgan fingerprint density at radius 3 is 2.44 bits per heavy atom. The number of hydrogen-bond donors (Lipinski definition) is 1. The van der Waals surface area contributed by atoms with Gasteiger partial charge in [0, 0.05) is 12.6 Å². The molecule has 1 atom stereocenters. The standard InChI is InChI=1S/C25H31ClN2O4/c1-3-22(25(30)27-19-8-4-5-9-19)28(16-18-12-14-20(31-2)15-13-18)24(29)17-32-23-11-7-6-10-21(23)26/h6-7,10-15,19,22H,3-5,8-9,16-17H2,1-2H3,(H,27,30). The van der Waals surface area contributed by atoms with Crippen LogP contribution in [-0.4, -0.2) is 42.5 Å². The largest absolute Gasteiger partial charge is 0.497 e. The van der Waals surface area contributed by atoms with Crippen LogP contribution >= 0.6 is 11.6 Å². The van der Waals surface area contributed by atoms with Crippen molar-refractivity contribution < 1.29 is 19.1 Å². The number of methoxy groups -OCH3 is 1. The zero-order valence-electron chi connectivity index (χ0n) is 18.7. The van der Waals surface area contributed by atoms with E-state index in [1.807, 2.05) is 31.2 Å². The second-order valence-corrected chi connectivity index (χ2v) is 8.41. The summed E-state index contributed by atoms with van der Waals surface area (Å²) in [7, 11) is 1.61. The van der Waals surface area contributed by atoms with Gasteiger partial charge in [-0.3, -0.25) is 9.59 Å². The first kappa shape index (κ1) is 23.9. The minimum absolute atomic E-state index is 0.112. The summed E-state index contributed by atoms with van der Waals surface area (Å²) in [6.07, 6.45) is 4.74. The van der Waals surface area contributed by atoms with Crippen molar-refractivity contribution in [3.8, 4) is 11.5 Å². The van der Waals surface area contributed by atoms with Gasteiger partial charge in [0.05, 0.1) is 12.1 Å². The average molecular weight is 459 g/mol. The maximum absolute atomic E-state index is 13.3. The van der Waals surface area contributed by atoms with Gasteiger partial charge in [0.15, 0.2) is 6.61 Å². The van der Waals surface area contributed by atoms with E-state index in [1.54, 1.807) is 36.3 Å². The van der Waals surface area contributed by atoms with Crippen molar-refractivity contribution in [1.82, 2.24) is 10.2 Å². The van der Waals surface area contributed by atoms with Crippen molar-refractivity contribution >= 4 is 23.4 Å². The Hall–Kier alpha value is -2.73. The van der Waals surface area contributed by atoms with Gasteiger partial charge in [0.1, 0.15) is 17.5 Å². The third kappa shape index (κ3) is 6.39. The van der Waals surface area contributed by atoms with Crippen molar-refractivity contribution in [3.05, 3.63) is 59.1 Å². The molecule has 7 heteroatoms. The third-order valence-electron chi connectivity index (χ3n) is 5.79. The highest BCUT2D eigenvalue weighted by Crippen LogP contribution is 2.24. The van der Waals surface area contributed by atoms with Crippen LogP contribution in [0.4, 0.5) is 0 Å². The van der Waals surface area contributed by atoms with Crippen molar-refractivity contribution in [2.75, 3.05) is 13.7 Å². The minimum Gasteiger partial charge on any atom is -0.497 e. The van der Waals surface area contributed by atoms with E-state index in [0.29, 0.717) is 23.7 Å². The number of carbonyl (C=O) groups excluding carboxylic acids is 2. The highest BCUT2D eigenvalue weighted by atomic mass is 35.5. The van der Waals surface area contributed by atoms with Gasteiger partial charge in [-0.05, 0) is 49.1 Å². The molecule has 0 aromatic heterocycles. The first-order valence-electron chi connectivity index (χ1n) is 11.1. The number of nitrogens with one attached hydrogen (secondary N) is 1. The molecular weight excluding hydrogens is 428 g/mol. The number of halogens is 1. The molecule has 6 nitrogen and oxygen atoms in total. The molecule has 1 saturated carbocycles. The number of hydrogen-bond acceptors (Lipinski definition) is 4. The Balaban J connectivity index is 1.76. The first-order valence-corrected chi connectivity index (χ1v) is 11.5. The fraction of sp³-hybridized carbons (Fsp3) is 0.440. The van der Waals surface area contributed by atoms with Crippen molar-refractivity contribution in [2.45, 2.75) is 57.7 Å². The molecule has 1 aliphatic carbocycles. The lowest BCUT2D eigenvalue weighted by Crippen LogP contribution is -2.52. The lowest BCUT2D eigenvalue weighted by Gasteiger charge is -2.31. The smallest absolute Gasteiger partial charge is 0.261 e. The maximum Gasteiger partial charge on any atom is 0.261 e. The normalized spacial score (nSPS) is 14.6. The Kier molecular flexibility index (Phi) is 8.80. The Labute approximate surface area is 194 Å². The molecule has 1 fully saturated rings. The van der Waals surface area contributed by atoms with Crippen LogP contribution in [0.1, 0.15) is 44.6 Å². The summed E-state index contributed by atoms with van der Waals surface area (Å²) in [6.45, 7) is 2.01. The van der Waals surface area contributed by atoms with Crippen molar-refractivity contribution in [2.24, 2.45) is 0 Å².